The molecule has 0 spiro atoms. The molecule has 1 saturated heterocycles. The van der Waals surface area contributed by atoms with Crippen LogP contribution < -0.4 is 11.5 Å². The highest BCUT2D eigenvalue weighted by Gasteiger charge is 2.28. The lowest BCUT2D eigenvalue weighted by molar-refractivity contribution is 0.321. The zero-order valence-electron chi connectivity index (χ0n) is 13.7. The number of hydrogen-bond acceptors (Lipinski definition) is 8. The second kappa shape index (κ2) is 5.45. The molecule has 1 unspecified atom stereocenters. The summed E-state index contributed by atoms with van der Waals surface area (Å²) in [5.41, 5.74) is 14.8. The lowest BCUT2D eigenvalue weighted by Gasteiger charge is -2.15. The highest BCUT2D eigenvalue weighted by atomic mass is 16.5. The zero-order chi connectivity index (χ0) is 16.8. The number of aromatic nitrogens is 5. The SMILES string of the molecule is Cc1noc(C)c1CN1CCC(c2nc3nc(N)nc(N)c3[nH]2)C1. The normalized spacial score (nSPS) is 18.7. The van der Waals surface area contributed by atoms with Gasteiger partial charge in [-0.05, 0) is 26.8 Å². The number of nitrogens with two attached hydrogens (primary N) is 2. The molecule has 3 aromatic heterocycles. The van der Waals surface area contributed by atoms with Crippen molar-refractivity contribution in [2.24, 2.45) is 0 Å². The minimum Gasteiger partial charge on any atom is -0.382 e. The summed E-state index contributed by atoms with van der Waals surface area (Å²) in [7, 11) is 0. The van der Waals surface area contributed by atoms with Gasteiger partial charge in [-0.2, -0.15) is 9.97 Å². The Labute approximate surface area is 138 Å². The summed E-state index contributed by atoms with van der Waals surface area (Å²) in [6.45, 7) is 6.67. The van der Waals surface area contributed by atoms with E-state index in [1.165, 1.54) is 5.56 Å². The van der Waals surface area contributed by atoms with Crippen molar-refractivity contribution in [1.29, 1.82) is 0 Å². The minimum atomic E-state index is 0.143. The molecule has 0 radical (unpaired) electrons. The average molecular weight is 328 g/mol. The van der Waals surface area contributed by atoms with Crippen LogP contribution >= 0.6 is 0 Å². The Balaban J connectivity index is 1.53. The maximum absolute atomic E-state index is 5.89. The van der Waals surface area contributed by atoms with E-state index in [2.05, 4.69) is 30.0 Å². The molecule has 4 rings (SSSR count). The number of anilines is 2. The predicted octanol–water partition coefficient (Wildman–Crippen LogP) is 1.11. The molecule has 0 bridgehead atoms. The maximum Gasteiger partial charge on any atom is 0.224 e. The Morgan fingerprint density at radius 3 is 2.83 bits per heavy atom. The Kier molecular flexibility index (Phi) is 3.38. The van der Waals surface area contributed by atoms with Gasteiger partial charge in [-0.3, -0.25) is 4.90 Å². The van der Waals surface area contributed by atoms with Crippen LogP contribution in [0.3, 0.4) is 0 Å². The van der Waals surface area contributed by atoms with Crippen LogP contribution in [0.4, 0.5) is 11.8 Å². The number of rotatable bonds is 3. The molecular weight excluding hydrogens is 308 g/mol. The van der Waals surface area contributed by atoms with Crippen LogP contribution in [0.5, 0.6) is 0 Å². The van der Waals surface area contributed by atoms with E-state index in [-0.39, 0.29) is 5.95 Å². The standard InChI is InChI=1S/C15H20N8O/c1-7-10(8(2)24-22-7)6-23-4-3-9(5-23)13-18-11-12(16)19-15(17)21-14(11)20-13/h9H,3-6H2,1-2H3,(H5,16,17,18,19,20,21). The molecule has 1 fully saturated rings. The van der Waals surface area contributed by atoms with E-state index >= 15 is 0 Å². The number of fused-ring (bicyclic) bond motifs is 1. The van der Waals surface area contributed by atoms with Crippen LogP contribution in [-0.4, -0.2) is 43.1 Å². The third kappa shape index (κ3) is 2.46. The van der Waals surface area contributed by atoms with Gasteiger partial charge in [0.25, 0.3) is 0 Å². The summed E-state index contributed by atoms with van der Waals surface area (Å²) in [5, 5.41) is 4.02. The van der Waals surface area contributed by atoms with Crippen LogP contribution in [0.1, 0.15) is 35.2 Å². The third-order valence-electron chi connectivity index (χ3n) is 4.64. The quantitative estimate of drug-likeness (QED) is 0.650. The predicted molar refractivity (Wildman–Crippen MR) is 89.1 cm³/mol. The summed E-state index contributed by atoms with van der Waals surface area (Å²) in [4.78, 5) is 18.3. The van der Waals surface area contributed by atoms with Crippen molar-refractivity contribution in [3.8, 4) is 0 Å². The van der Waals surface area contributed by atoms with Crippen molar-refractivity contribution >= 4 is 22.9 Å². The molecule has 0 aromatic carbocycles. The number of nitrogen functional groups attached to an aromatic ring is 2. The Hall–Kier alpha value is -2.68. The fourth-order valence-electron chi connectivity index (χ4n) is 3.30. The van der Waals surface area contributed by atoms with Crippen LogP contribution in [0.25, 0.3) is 11.2 Å². The first-order chi connectivity index (χ1) is 11.5. The van der Waals surface area contributed by atoms with Gasteiger partial charge in [0.15, 0.2) is 11.5 Å². The van der Waals surface area contributed by atoms with Gasteiger partial charge in [0, 0.05) is 24.6 Å². The minimum absolute atomic E-state index is 0.143. The van der Waals surface area contributed by atoms with Crippen LogP contribution in [0, 0.1) is 13.8 Å². The molecule has 9 heteroatoms. The summed E-state index contributed by atoms with van der Waals surface area (Å²) >= 11 is 0. The summed E-state index contributed by atoms with van der Waals surface area (Å²) in [5.74, 6) is 2.56. The molecule has 1 atom stereocenters. The van der Waals surface area contributed by atoms with Gasteiger partial charge in [-0.25, -0.2) is 4.98 Å². The van der Waals surface area contributed by atoms with Gasteiger partial charge in [0.1, 0.15) is 17.1 Å². The maximum atomic E-state index is 5.89. The number of hydrogen-bond donors (Lipinski definition) is 3. The molecule has 5 N–H and O–H groups in total. The van der Waals surface area contributed by atoms with E-state index in [4.69, 9.17) is 16.0 Å². The van der Waals surface area contributed by atoms with E-state index in [9.17, 15) is 0 Å². The highest BCUT2D eigenvalue weighted by Crippen LogP contribution is 2.29. The van der Waals surface area contributed by atoms with Gasteiger partial charge in [-0.15, -0.1) is 0 Å². The number of nitrogens with zero attached hydrogens (tertiary/aromatic N) is 5. The Morgan fingerprint density at radius 2 is 2.08 bits per heavy atom. The van der Waals surface area contributed by atoms with Gasteiger partial charge in [0.05, 0.1) is 5.69 Å². The number of H-pyrrole nitrogens is 1. The fraction of sp³-hybridized carbons (Fsp3) is 0.467. The van der Waals surface area contributed by atoms with Crippen LogP contribution in [0.2, 0.25) is 0 Å². The molecule has 0 aliphatic carbocycles. The van der Waals surface area contributed by atoms with Crippen molar-refractivity contribution in [2.45, 2.75) is 32.7 Å². The number of nitrogens with one attached hydrogen (secondary N) is 1. The molecule has 126 valence electrons. The largest absolute Gasteiger partial charge is 0.382 e. The molecule has 0 saturated carbocycles. The van der Waals surface area contributed by atoms with Gasteiger partial charge >= 0.3 is 0 Å². The Morgan fingerprint density at radius 1 is 1.25 bits per heavy atom. The summed E-state index contributed by atoms with van der Waals surface area (Å²) < 4.78 is 5.25. The molecule has 0 amide bonds. The molecule has 24 heavy (non-hydrogen) atoms. The molecule has 1 aliphatic heterocycles. The van der Waals surface area contributed by atoms with Crippen molar-refractivity contribution in [1.82, 2.24) is 30.0 Å². The van der Waals surface area contributed by atoms with Crippen molar-refractivity contribution in [3.05, 3.63) is 22.8 Å². The average Bonchev–Trinajstić information content (AvgIpc) is 3.22. The number of aromatic amines is 1. The molecule has 1 aliphatic rings. The van der Waals surface area contributed by atoms with E-state index in [1.807, 2.05) is 13.8 Å². The molecular formula is C15H20N8O. The van der Waals surface area contributed by atoms with E-state index in [0.717, 1.165) is 43.3 Å². The van der Waals surface area contributed by atoms with E-state index < -0.39 is 0 Å². The third-order valence-corrected chi connectivity index (χ3v) is 4.64. The Bertz CT molecular complexity index is 879. The molecule has 9 nitrogen and oxygen atoms in total. The highest BCUT2D eigenvalue weighted by molar-refractivity contribution is 5.82. The van der Waals surface area contributed by atoms with E-state index in [0.29, 0.717) is 22.9 Å². The summed E-state index contributed by atoms with van der Waals surface area (Å²) in [6, 6.07) is 0. The monoisotopic (exact) mass is 328 g/mol. The van der Waals surface area contributed by atoms with Crippen molar-refractivity contribution in [3.63, 3.8) is 0 Å². The van der Waals surface area contributed by atoms with Crippen LogP contribution in [-0.2, 0) is 6.54 Å². The fourth-order valence-corrected chi connectivity index (χ4v) is 3.30. The first-order valence-corrected chi connectivity index (χ1v) is 7.94. The van der Waals surface area contributed by atoms with Crippen LogP contribution in [0.15, 0.2) is 4.52 Å². The lowest BCUT2D eigenvalue weighted by Crippen LogP contribution is -2.20. The van der Waals surface area contributed by atoms with Crippen molar-refractivity contribution in [2.75, 3.05) is 24.6 Å². The number of aryl methyl sites for hydroxylation is 2. The first kappa shape index (κ1) is 14.9. The second-order valence-corrected chi connectivity index (χ2v) is 6.31. The lowest BCUT2D eigenvalue weighted by atomic mass is 10.1. The number of likely N-dealkylation sites (tertiary alicyclic amines) is 1. The summed E-state index contributed by atoms with van der Waals surface area (Å²) in [6.07, 6.45) is 1.02. The van der Waals surface area contributed by atoms with Gasteiger partial charge in [-0.1, -0.05) is 5.16 Å². The topological polar surface area (TPSA) is 136 Å². The van der Waals surface area contributed by atoms with Crippen molar-refractivity contribution < 1.29 is 4.52 Å². The van der Waals surface area contributed by atoms with Gasteiger partial charge in [0.2, 0.25) is 5.95 Å². The molecule has 4 heterocycles. The number of imidazole rings is 1. The zero-order valence-corrected chi connectivity index (χ0v) is 13.7. The smallest absolute Gasteiger partial charge is 0.224 e. The van der Waals surface area contributed by atoms with Gasteiger partial charge < -0.3 is 21.0 Å². The first-order valence-electron chi connectivity index (χ1n) is 7.94. The molecule has 3 aromatic rings. The second-order valence-electron chi connectivity index (χ2n) is 6.31. The van der Waals surface area contributed by atoms with E-state index in [1.54, 1.807) is 0 Å².